The Morgan fingerprint density at radius 2 is 2.11 bits per heavy atom. The van der Waals surface area contributed by atoms with E-state index in [9.17, 15) is 0 Å². The van der Waals surface area contributed by atoms with Gasteiger partial charge in [-0.25, -0.2) is 0 Å². The second-order valence-electron chi connectivity index (χ2n) is 1.38. The van der Waals surface area contributed by atoms with E-state index >= 15 is 0 Å². The molecule has 0 aliphatic carbocycles. The molecule has 4 heteroatoms. The predicted molar refractivity (Wildman–Crippen MR) is 41.0 cm³/mol. The van der Waals surface area contributed by atoms with Crippen molar-refractivity contribution in [1.82, 2.24) is 4.73 Å². The van der Waals surface area contributed by atoms with Crippen LogP contribution in [-0.2, 0) is 0 Å². The molecule has 1 heterocycles. The van der Waals surface area contributed by atoms with Gasteiger partial charge in [0.15, 0.2) is 0 Å². The minimum atomic E-state index is 0. The summed E-state index contributed by atoms with van der Waals surface area (Å²) < 4.78 is 1.32. The average Bonchev–Trinajstić information content (AvgIpc) is 1.77. The third-order valence-electron chi connectivity index (χ3n) is 0.803. The molecule has 50 valence electrons. The van der Waals surface area contributed by atoms with Crippen LogP contribution in [0.15, 0.2) is 24.4 Å². The molecule has 0 saturated carbocycles. The monoisotopic (exact) mass is 209 g/mol. The molecule has 2 nitrogen and oxygen atoms in total. The first-order valence-electron chi connectivity index (χ1n) is 2.17. The summed E-state index contributed by atoms with van der Waals surface area (Å²) >= 11 is 4.67. The molecule has 0 bridgehead atoms. The van der Waals surface area contributed by atoms with Crippen molar-refractivity contribution >= 4 is 29.3 Å². The number of nitrogens with zero attached hydrogens (tertiary/aromatic N) is 1. The molecule has 0 unspecified atom stereocenters. The third kappa shape index (κ3) is 2.18. The molecular formula is C5H7NOSSe. The fourth-order valence-corrected chi connectivity index (χ4v) is 0.558. The van der Waals surface area contributed by atoms with E-state index in [1.54, 1.807) is 18.2 Å². The van der Waals surface area contributed by atoms with E-state index in [2.05, 4.69) is 12.2 Å². The van der Waals surface area contributed by atoms with Crippen LogP contribution < -0.4 is 0 Å². The van der Waals surface area contributed by atoms with Gasteiger partial charge >= 0.3 is 17.1 Å². The van der Waals surface area contributed by atoms with Gasteiger partial charge in [0.2, 0.25) is 0 Å². The van der Waals surface area contributed by atoms with Gasteiger partial charge in [-0.1, -0.05) is 18.3 Å². The Labute approximate surface area is 68.6 Å². The SMILES string of the molecule is On1ccccc1=S.[SeH2]. The van der Waals surface area contributed by atoms with Crippen molar-refractivity contribution in [2.24, 2.45) is 0 Å². The van der Waals surface area contributed by atoms with Crippen LogP contribution >= 0.6 is 12.2 Å². The number of pyridine rings is 1. The van der Waals surface area contributed by atoms with E-state index in [-0.39, 0.29) is 17.1 Å². The summed E-state index contributed by atoms with van der Waals surface area (Å²) in [5, 5.41) is 8.73. The Kier molecular flexibility index (Phi) is 3.54. The molecule has 0 amide bonds. The zero-order valence-electron chi connectivity index (χ0n) is 4.61. The molecule has 0 aliphatic heterocycles. The van der Waals surface area contributed by atoms with Crippen molar-refractivity contribution in [3.8, 4) is 0 Å². The Bertz CT molecular complexity index is 234. The zero-order valence-corrected chi connectivity index (χ0v) is 7.53. The van der Waals surface area contributed by atoms with Gasteiger partial charge in [-0.2, -0.15) is 4.73 Å². The molecule has 1 N–H and O–H groups in total. The minimum absolute atomic E-state index is 0. The summed E-state index contributed by atoms with van der Waals surface area (Å²) in [4.78, 5) is 0. The average molecular weight is 208 g/mol. The molecule has 0 aromatic carbocycles. The molecule has 0 spiro atoms. The first-order chi connectivity index (χ1) is 3.80. The number of hydrogen-bond donors (Lipinski definition) is 1. The fraction of sp³-hybridized carbons (Fsp3) is 0. The molecule has 1 aromatic heterocycles. The number of rotatable bonds is 0. The van der Waals surface area contributed by atoms with Crippen molar-refractivity contribution in [2.45, 2.75) is 0 Å². The molecule has 1 aromatic rings. The number of hydrogen-bond acceptors (Lipinski definition) is 2. The second kappa shape index (κ2) is 3.67. The van der Waals surface area contributed by atoms with E-state index in [1.807, 2.05) is 0 Å². The normalized spacial score (nSPS) is 8.00. The molecule has 0 fully saturated rings. The molecular weight excluding hydrogens is 201 g/mol. The topological polar surface area (TPSA) is 25.2 Å². The third-order valence-corrected chi connectivity index (χ3v) is 1.13. The molecule has 0 aliphatic rings. The van der Waals surface area contributed by atoms with Crippen molar-refractivity contribution in [2.75, 3.05) is 0 Å². The summed E-state index contributed by atoms with van der Waals surface area (Å²) in [6, 6.07) is 5.13. The van der Waals surface area contributed by atoms with Crippen LogP contribution in [0.5, 0.6) is 0 Å². The molecule has 1 rings (SSSR count). The maximum atomic E-state index is 8.73. The molecule has 0 radical (unpaired) electrons. The van der Waals surface area contributed by atoms with E-state index in [0.717, 1.165) is 4.73 Å². The molecule has 0 saturated heterocycles. The summed E-state index contributed by atoms with van der Waals surface area (Å²) in [5.41, 5.74) is 0. The van der Waals surface area contributed by atoms with Crippen molar-refractivity contribution in [3.63, 3.8) is 0 Å². The summed E-state index contributed by atoms with van der Waals surface area (Å²) in [7, 11) is 0. The first kappa shape index (κ1) is 8.69. The van der Waals surface area contributed by atoms with E-state index in [1.165, 1.54) is 6.20 Å². The van der Waals surface area contributed by atoms with Gasteiger partial charge in [-0.3, -0.25) is 0 Å². The summed E-state index contributed by atoms with van der Waals surface area (Å²) in [6.45, 7) is 0. The van der Waals surface area contributed by atoms with Crippen molar-refractivity contribution < 1.29 is 5.21 Å². The predicted octanol–water partition coefficient (Wildman–Crippen LogP) is 0.539. The van der Waals surface area contributed by atoms with E-state index in [0.29, 0.717) is 4.64 Å². The van der Waals surface area contributed by atoms with Gasteiger partial charge in [-0.15, -0.1) is 0 Å². The standard InChI is InChI=1S/C5H5NOS.H2Se/c7-6-4-2-1-3-5(6)8;/h1-4,7H;1H2. The van der Waals surface area contributed by atoms with Crippen LogP contribution in [0, 0.1) is 4.64 Å². The Morgan fingerprint density at radius 1 is 1.44 bits per heavy atom. The van der Waals surface area contributed by atoms with Crippen molar-refractivity contribution in [3.05, 3.63) is 29.0 Å². The Hall–Kier alpha value is -0.311. The van der Waals surface area contributed by atoms with Gasteiger partial charge in [-0.05, 0) is 12.1 Å². The molecule has 9 heavy (non-hydrogen) atoms. The van der Waals surface area contributed by atoms with Crippen LogP contribution in [0.25, 0.3) is 0 Å². The maximum absolute atomic E-state index is 8.73. The van der Waals surface area contributed by atoms with Gasteiger partial charge < -0.3 is 5.21 Å². The Balaban J connectivity index is 0.000000640. The van der Waals surface area contributed by atoms with Crippen LogP contribution in [0.3, 0.4) is 0 Å². The first-order valence-corrected chi connectivity index (χ1v) is 2.58. The fourth-order valence-electron chi connectivity index (χ4n) is 0.419. The summed E-state index contributed by atoms with van der Waals surface area (Å²) in [5.74, 6) is 0. The summed E-state index contributed by atoms with van der Waals surface area (Å²) in [6.07, 6.45) is 1.49. The van der Waals surface area contributed by atoms with Crippen LogP contribution in [-0.4, -0.2) is 27.0 Å². The Morgan fingerprint density at radius 3 is 2.44 bits per heavy atom. The molecule has 0 atom stereocenters. The number of aromatic nitrogens is 1. The van der Waals surface area contributed by atoms with Crippen LogP contribution in [0.2, 0.25) is 0 Å². The van der Waals surface area contributed by atoms with Crippen LogP contribution in [0.1, 0.15) is 0 Å². The van der Waals surface area contributed by atoms with Crippen LogP contribution in [0.4, 0.5) is 0 Å². The van der Waals surface area contributed by atoms with Crippen molar-refractivity contribution in [1.29, 1.82) is 0 Å². The van der Waals surface area contributed by atoms with E-state index in [4.69, 9.17) is 5.21 Å². The van der Waals surface area contributed by atoms with Gasteiger partial charge in [0.1, 0.15) is 4.64 Å². The van der Waals surface area contributed by atoms with Gasteiger partial charge in [0.05, 0.1) is 0 Å². The van der Waals surface area contributed by atoms with Gasteiger partial charge in [0.25, 0.3) is 0 Å². The zero-order chi connectivity index (χ0) is 5.98. The van der Waals surface area contributed by atoms with E-state index < -0.39 is 0 Å². The second-order valence-corrected chi connectivity index (χ2v) is 1.80. The van der Waals surface area contributed by atoms with Gasteiger partial charge in [0, 0.05) is 6.20 Å². The quantitative estimate of drug-likeness (QED) is 0.382.